The molecule has 0 atom stereocenters. The molecule has 1 aliphatic rings. The molecule has 20 heavy (non-hydrogen) atoms. The van der Waals surface area contributed by atoms with E-state index in [9.17, 15) is 9.18 Å². The topological polar surface area (TPSA) is 46.5 Å². The normalized spacial score (nSPS) is 16.7. The molecule has 1 aromatic heterocycles. The molecule has 3 rings (SSSR count). The van der Waals surface area contributed by atoms with Gasteiger partial charge < -0.3 is 14.6 Å². The van der Waals surface area contributed by atoms with Crippen LogP contribution in [0.1, 0.15) is 11.3 Å². The molecule has 0 unspecified atom stereocenters. The second kappa shape index (κ2) is 5.34. The van der Waals surface area contributed by atoms with Gasteiger partial charge in [0.2, 0.25) is 0 Å². The quantitative estimate of drug-likeness (QED) is 0.834. The highest BCUT2D eigenvalue weighted by Gasteiger charge is 2.18. The monoisotopic (exact) mass is 277 g/mol. The van der Waals surface area contributed by atoms with Gasteiger partial charge in [-0.2, -0.15) is 0 Å². The lowest BCUT2D eigenvalue weighted by Gasteiger charge is -2.24. The summed E-state index contributed by atoms with van der Waals surface area (Å²) in [6.45, 7) is 5.83. The molecular weight excluding hydrogens is 259 g/mol. The number of nitrogens with one attached hydrogen (secondary N) is 2. The molecule has 0 spiro atoms. The van der Waals surface area contributed by atoms with Crippen molar-refractivity contribution >= 4 is 10.9 Å². The first kappa shape index (κ1) is 13.3. The zero-order valence-corrected chi connectivity index (χ0v) is 11.5. The average Bonchev–Trinajstić information content (AvgIpc) is 2.46. The Morgan fingerprint density at radius 2 is 2.10 bits per heavy atom. The number of pyridine rings is 1. The molecule has 4 nitrogen and oxygen atoms in total. The van der Waals surface area contributed by atoms with E-state index in [2.05, 4.69) is 4.98 Å². The number of aryl methyl sites for hydroxylation is 1. The summed E-state index contributed by atoms with van der Waals surface area (Å²) in [5.74, 6) is -0.378. The maximum absolute atomic E-state index is 13.3. The van der Waals surface area contributed by atoms with E-state index in [0.717, 1.165) is 37.6 Å². The number of ether oxygens (including phenoxy) is 1. The van der Waals surface area contributed by atoms with Crippen LogP contribution < -0.4 is 10.3 Å². The molecule has 1 saturated heterocycles. The third-order valence-electron chi connectivity index (χ3n) is 3.90. The fourth-order valence-corrected chi connectivity index (χ4v) is 2.72. The van der Waals surface area contributed by atoms with Gasteiger partial charge in [0.1, 0.15) is 25.5 Å². The Morgan fingerprint density at radius 1 is 1.35 bits per heavy atom. The molecular formula is C15H18FN2O2+. The van der Waals surface area contributed by atoms with Gasteiger partial charge in [-0.15, -0.1) is 0 Å². The van der Waals surface area contributed by atoms with Crippen LogP contribution in [0.5, 0.6) is 0 Å². The summed E-state index contributed by atoms with van der Waals surface area (Å²) >= 11 is 0. The van der Waals surface area contributed by atoms with Gasteiger partial charge in [-0.05, 0) is 25.1 Å². The first-order chi connectivity index (χ1) is 9.65. The Kier molecular flexibility index (Phi) is 3.54. The van der Waals surface area contributed by atoms with E-state index in [0.29, 0.717) is 17.4 Å². The lowest BCUT2D eigenvalue weighted by atomic mass is 10.1. The molecule has 106 valence electrons. The number of aromatic amines is 1. The highest BCUT2D eigenvalue weighted by Crippen LogP contribution is 2.12. The van der Waals surface area contributed by atoms with Crippen LogP contribution in [-0.2, 0) is 11.3 Å². The minimum atomic E-state index is -0.378. The molecule has 0 radical (unpaired) electrons. The summed E-state index contributed by atoms with van der Waals surface area (Å²) in [7, 11) is 0. The summed E-state index contributed by atoms with van der Waals surface area (Å²) in [5, 5.41) is 0.429. The predicted molar refractivity (Wildman–Crippen MR) is 74.5 cm³/mol. The highest BCUT2D eigenvalue weighted by molar-refractivity contribution is 5.79. The van der Waals surface area contributed by atoms with Crippen molar-refractivity contribution in [3.05, 3.63) is 45.5 Å². The number of benzene rings is 1. The van der Waals surface area contributed by atoms with Crippen LogP contribution in [0.3, 0.4) is 0 Å². The van der Waals surface area contributed by atoms with Crippen LogP contribution in [0, 0.1) is 12.7 Å². The van der Waals surface area contributed by atoms with Gasteiger partial charge in [-0.25, -0.2) is 4.39 Å². The van der Waals surface area contributed by atoms with Crippen molar-refractivity contribution in [2.24, 2.45) is 0 Å². The Balaban J connectivity index is 2.03. The minimum absolute atomic E-state index is 0.0604. The Labute approximate surface area is 116 Å². The van der Waals surface area contributed by atoms with E-state index < -0.39 is 0 Å². The van der Waals surface area contributed by atoms with Gasteiger partial charge in [-0.3, -0.25) is 4.79 Å². The predicted octanol–water partition coefficient (Wildman–Crippen LogP) is 0.391. The molecule has 2 N–H and O–H groups in total. The van der Waals surface area contributed by atoms with Crippen molar-refractivity contribution < 1.29 is 14.0 Å². The van der Waals surface area contributed by atoms with Gasteiger partial charge >= 0.3 is 0 Å². The highest BCUT2D eigenvalue weighted by atomic mass is 19.1. The third kappa shape index (κ3) is 2.46. The number of hydrogen-bond acceptors (Lipinski definition) is 2. The van der Waals surface area contributed by atoms with Crippen LogP contribution >= 0.6 is 0 Å². The summed E-state index contributed by atoms with van der Waals surface area (Å²) in [6.07, 6.45) is 0. The summed E-state index contributed by atoms with van der Waals surface area (Å²) in [6, 6.07) is 4.29. The van der Waals surface area contributed by atoms with E-state index in [1.54, 1.807) is 6.07 Å². The molecule has 1 fully saturated rings. The SMILES string of the molecule is Cc1[nH]c2ccc(F)cc2c(=O)c1C[NH+]1CCOCC1. The van der Waals surface area contributed by atoms with Crippen LogP contribution in [0.15, 0.2) is 23.0 Å². The summed E-state index contributed by atoms with van der Waals surface area (Å²) < 4.78 is 18.7. The minimum Gasteiger partial charge on any atom is -0.370 e. The van der Waals surface area contributed by atoms with Crippen molar-refractivity contribution in [3.63, 3.8) is 0 Å². The number of halogens is 1. The second-order valence-corrected chi connectivity index (χ2v) is 5.29. The lowest BCUT2D eigenvalue weighted by Crippen LogP contribution is -3.13. The van der Waals surface area contributed by atoms with Crippen LogP contribution in [-0.4, -0.2) is 31.3 Å². The molecule has 0 aliphatic carbocycles. The van der Waals surface area contributed by atoms with Gasteiger partial charge in [-0.1, -0.05) is 0 Å². The number of hydrogen-bond donors (Lipinski definition) is 2. The van der Waals surface area contributed by atoms with Crippen molar-refractivity contribution in [1.29, 1.82) is 0 Å². The van der Waals surface area contributed by atoms with Gasteiger partial charge in [0.05, 0.1) is 18.8 Å². The van der Waals surface area contributed by atoms with Crippen molar-refractivity contribution in [2.45, 2.75) is 13.5 Å². The van der Waals surface area contributed by atoms with Crippen molar-refractivity contribution in [1.82, 2.24) is 4.98 Å². The largest absolute Gasteiger partial charge is 0.370 e. The zero-order chi connectivity index (χ0) is 14.1. The molecule has 0 saturated carbocycles. The molecule has 2 heterocycles. The van der Waals surface area contributed by atoms with Crippen molar-refractivity contribution in [2.75, 3.05) is 26.3 Å². The molecule has 0 amide bonds. The van der Waals surface area contributed by atoms with E-state index in [4.69, 9.17) is 4.74 Å². The molecule has 0 bridgehead atoms. The third-order valence-corrected chi connectivity index (χ3v) is 3.90. The molecule has 5 heteroatoms. The first-order valence-electron chi connectivity index (χ1n) is 6.87. The van der Waals surface area contributed by atoms with Crippen LogP contribution in [0.25, 0.3) is 10.9 Å². The van der Waals surface area contributed by atoms with E-state index in [1.165, 1.54) is 17.0 Å². The fourth-order valence-electron chi connectivity index (χ4n) is 2.72. The standard InChI is InChI=1S/C15H17FN2O2/c1-10-13(9-18-4-6-20-7-5-18)15(19)12-8-11(16)2-3-14(12)17-10/h2-3,8H,4-7,9H2,1H3,(H,17,19)/p+1. The smallest absolute Gasteiger partial charge is 0.198 e. The van der Waals surface area contributed by atoms with Crippen LogP contribution in [0.2, 0.25) is 0 Å². The lowest BCUT2D eigenvalue weighted by molar-refractivity contribution is -0.921. The van der Waals surface area contributed by atoms with Gasteiger partial charge in [0.25, 0.3) is 0 Å². The van der Waals surface area contributed by atoms with Crippen molar-refractivity contribution in [3.8, 4) is 0 Å². The first-order valence-corrected chi connectivity index (χ1v) is 6.87. The number of H-pyrrole nitrogens is 1. The van der Waals surface area contributed by atoms with Crippen LogP contribution in [0.4, 0.5) is 4.39 Å². The average molecular weight is 277 g/mol. The molecule has 1 aromatic carbocycles. The Morgan fingerprint density at radius 3 is 2.85 bits per heavy atom. The van der Waals surface area contributed by atoms with E-state index in [1.807, 2.05) is 6.92 Å². The zero-order valence-electron chi connectivity index (χ0n) is 11.5. The van der Waals surface area contributed by atoms with Gasteiger partial charge in [0, 0.05) is 16.6 Å². The number of fused-ring (bicyclic) bond motifs is 1. The van der Waals surface area contributed by atoms with E-state index >= 15 is 0 Å². The summed E-state index contributed by atoms with van der Waals surface area (Å²) in [4.78, 5) is 17.1. The maximum Gasteiger partial charge on any atom is 0.198 e. The molecule has 2 aromatic rings. The fraction of sp³-hybridized carbons (Fsp3) is 0.400. The number of aromatic nitrogens is 1. The summed E-state index contributed by atoms with van der Waals surface area (Å²) in [5.41, 5.74) is 2.25. The molecule has 1 aliphatic heterocycles. The number of rotatable bonds is 2. The van der Waals surface area contributed by atoms with E-state index in [-0.39, 0.29) is 11.2 Å². The number of quaternary nitrogens is 1. The second-order valence-electron chi connectivity index (χ2n) is 5.29. The van der Waals surface area contributed by atoms with Gasteiger partial charge in [0.15, 0.2) is 5.43 Å². The Bertz CT molecular complexity index is 690. The number of morpholine rings is 1. The Hall–Kier alpha value is -1.72. The maximum atomic E-state index is 13.3.